The van der Waals surface area contributed by atoms with Crippen molar-refractivity contribution >= 4 is 29.0 Å². The molecule has 29 heavy (non-hydrogen) atoms. The quantitative estimate of drug-likeness (QED) is 0.799. The van der Waals surface area contributed by atoms with Crippen molar-refractivity contribution in [1.82, 2.24) is 14.9 Å². The number of carbonyl (C=O) groups excluding carboxylic acids is 1. The largest absolute Gasteiger partial charge is 0.354 e. The molecule has 0 radical (unpaired) electrons. The molecule has 1 fully saturated rings. The Morgan fingerprint density at radius 1 is 1.10 bits per heavy atom. The van der Waals surface area contributed by atoms with Crippen LogP contribution in [0.1, 0.15) is 43.8 Å². The Kier molecular flexibility index (Phi) is 6.75. The van der Waals surface area contributed by atoms with E-state index in [4.69, 9.17) is 16.6 Å². The highest BCUT2D eigenvalue weighted by molar-refractivity contribution is 6.31. The van der Waals surface area contributed by atoms with Crippen molar-refractivity contribution in [1.29, 1.82) is 0 Å². The van der Waals surface area contributed by atoms with Crippen LogP contribution >= 0.6 is 11.6 Å². The van der Waals surface area contributed by atoms with Gasteiger partial charge in [0.25, 0.3) is 0 Å². The second kappa shape index (κ2) is 9.09. The Hall–Kier alpha value is -2.18. The molecule has 1 aromatic carbocycles. The van der Waals surface area contributed by atoms with E-state index in [0.717, 1.165) is 54.8 Å². The molecule has 2 heterocycles. The fraction of sp³-hybridized carbons (Fsp3) is 0.500. The Morgan fingerprint density at radius 2 is 1.79 bits per heavy atom. The summed E-state index contributed by atoms with van der Waals surface area (Å²) in [5, 5.41) is 3.68. The topological polar surface area (TPSA) is 61.4 Å². The standard InChI is InChI=1S/C22H30ClN5O/c1-14(2)21-24-15(3)13-20(26-21)28-11-9-27(10-12-28)17(5)22(29)25-19-8-6-7-18(23)16(19)4/h6-8,13-14,17H,9-12H2,1-5H3,(H,25,29)/t17-/m1/s1. The van der Waals surface area contributed by atoms with Gasteiger partial charge >= 0.3 is 0 Å². The first kappa shape index (κ1) is 21.5. The third kappa shape index (κ3) is 5.06. The highest BCUT2D eigenvalue weighted by Crippen LogP contribution is 2.24. The third-order valence-corrected chi connectivity index (χ3v) is 5.87. The summed E-state index contributed by atoms with van der Waals surface area (Å²) in [5.41, 5.74) is 2.65. The monoisotopic (exact) mass is 415 g/mol. The van der Waals surface area contributed by atoms with Crippen LogP contribution in [0.2, 0.25) is 5.02 Å². The number of aryl methyl sites for hydroxylation is 1. The summed E-state index contributed by atoms with van der Waals surface area (Å²) in [6, 6.07) is 7.39. The molecule has 6 nitrogen and oxygen atoms in total. The van der Waals surface area contributed by atoms with Crippen molar-refractivity contribution in [3.05, 3.63) is 46.4 Å². The van der Waals surface area contributed by atoms with Gasteiger partial charge in [-0.25, -0.2) is 9.97 Å². The summed E-state index contributed by atoms with van der Waals surface area (Å²) in [7, 11) is 0. The summed E-state index contributed by atoms with van der Waals surface area (Å²) < 4.78 is 0. The number of rotatable bonds is 5. The molecule has 1 N–H and O–H groups in total. The van der Waals surface area contributed by atoms with E-state index in [9.17, 15) is 4.79 Å². The molecule has 1 aromatic heterocycles. The molecular weight excluding hydrogens is 386 g/mol. The molecule has 156 valence electrons. The van der Waals surface area contributed by atoms with E-state index in [-0.39, 0.29) is 11.9 Å². The van der Waals surface area contributed by atoms with Gasteiger partial charge in [0.15, 0.2) is 0 Å². The lowest BCUT2D eigenvalue weighted by atomic mass is 10.1. The fourth-order valence-corrected chi connectivity index (χ4v) is 3.65. The lowest BCUT2D eigenvalue weighted by molar-refractivity contribution is -0.120. The molecule has 0 saturated carbocycles. The summed E-state index contributed by atoms with van der Waals surface area (Å²) in [4.78, 5) is 26.5. The van der Waals surface area contributed by atoms with Crippen LogP contribution in [-0.4, -0.2) is 53.0 Å². The van der Waals surface area contributed by atoms with Crippen LogP contribution < -0.4 is 10.2 Å². The van der Waals surface area contributed by atoms with Gasteiger partial charge in [-0.1, -0.05) is 31.5 Å². The average molecular weight is 416 g/mol. The second-order valence-electron chi connectivity index (χ2n) is 7.98. The van der Waals surface area contributed by atoms with E-state index in [1.807, 2.05) is 45.0 Å². The van der Waals surface area contributed by atoms with Gasteiger partial charge in [-0.05, 0) is 38.5 Å². The molecule has 1 aliphatic rings. The first-order valence-corrected chi connectivity index (χ1v) is 10.5. The van der Waals surface area contributed by atoms with E-state index >= 15 is 0 Å². The number of hydrogen-bond donors (Lipinski definition) is 1. The van der Waals surface area contributed by atoms with Crippen LogP contribution in [-0.2, 0) is 4.79 Å². The minimum Gasteiger partial charge on any atom is -0.354 e. The normalized spacial score (nSPS) is 16.2. The van der Waals surface area contributed by atoms with Crippen molar-refractivity contribution < 1.29 is 4.79 Å². The number of anilines is 2. The summed E-state index contributed by atoms with van der Waals surface area (Å²) >= 11 is 6.16. The van der Waals surface area contributed by atoms with Gasteiger partial charge in [0, 0.05) is 54.6 Å². The number of carbonyl (C=O) groups is 1. The zero-order chi connectivity index (χ0) is 21.1. The number of nitrogens with one attached hydrogen (secondary N) is 1. The molecule has 0 bridgehead atoms. The van der Waals surface area contributed by atoms with Crippen molar-refractivity contribution in [2.75, 3.05) is 36.4 Å². The van der Waals surface area contributed by atoms with Crippen molar-refractivity contribution in [2.45, 2.75) is 46.6 Å². The summed E-state index contributed by atoms with van der Waals surface area (Å²) in [6.45, 7) is 13.4. The molecular formula is C22H30ClN5O. The Balaban J connectivity index is 1.61. The number of nitrogens with zero attached hydrogens (tertiary/aromatic N) is 4. The van der Waals surface area contributed by atoms with Crippen LogP contribution in [0.15, 0.2) is 24.3 Å². The molecule has 7 heteroatoms. The zero-order valence-electron chi connectivity index (χ0n) is 17.9. The van der Waals surface area contributed by atoms with Crippen LogP contribution in [0, 0.1) is 13.8 Å². The van der Waals surface area contributed by atoms with E-state index in [0.29, 0.717) is 10.9 Å². The second-order valence-corrected chi connectivity index (χ2v) is 8.39. The number of hydrogen-bond acceptors (Lipinski definition) is 5. The maximum Gasteiger partial charge on any atom is 0.241 e. The van der Waals surface area contributed by atoms with E-state index in [1.165, 1.54) is 0 Å². The minimum atomic E-state index is -0.214. The van der Waals surface area contributed by atoms with Gasteiger partial charge in [-0.2, -0.15) is 0 Å². The van der Waals surface area contributed by atoms with Gasteiger partial charge in [0.05, 0.1) is 6.04 Å². The molecule has 2 aromatic rings. The zero-order valence-corrected chi connectivity index (χ0v) is 18.6. The maximum absolute atomic E-state index is 12.8. The van der Waals surface area contributed by atoms with Gasteiger partial charge in [0.2, 0.25) is 5.91 Å². The SMILES string of the molecule is Cc1cc(N2CCN([C@H](C)C(=O)Nc3cccc(Cl)c3C)CC2)nc(C(C)C)n1. The van der Waals surface area contributed by atoms with Crippen LogP contribution in [0.4, 0.5) is 11.5 Å². The van der Waals surface area contributed by atoms with E-state index in [1.54, 1.807) is 0 Å². The van der Waals surface area contributed by atoms with Crippen LogP contribution in [0.3, 0.4) is 0 Å². The fourth-order valence-electron chi connectivity index (χ4n) is 3.48. The molecule has 0 aliphatic carbocycles. The first-order chi connectivity index (χ1) is 13.8. The lowest BCUT2D eigenvalue weighted by Gasteiger charge is -2.38. The molecule has 3 rings (SSSR count). The molecule has 1 amide bonds. The summed E-state index contributed by atoms with van der Waals surface area (Å²) in [5.74, 6) is 2.15. The number of aromatic nitrogens is 2. The van der Waals surface area contributed by atoms with Crippen molar-refractivity contribution in [2.24, 2.45) is 0 Å². The summed E-state index contributed by atoms with van der Waals surface area (Å²) in [6.07, 6.45) is 0. The Morgan fingerprint density at radius 3 is 2.45 bits per heavy atom. The van der Waals surface area contributed by atoms with Crippen molar-refractivity contribution in [3.63, 3.8) is 0 Å². The van der Waals surface area contributed by atoms with E-state index < -0.39 is 0 Å². The van der Waals surface area contributed by atoms with Crippen LogP contribution in [0.25, 0.3) is 0 Å². The number of benzene rings is 1. The van der Waals surface area contributed by atoms with Gasteiger partial charge in [0.1, 0.15) is 11.6 Å². The van der Waals surface area contributed by atoms with Gasteiger partial charge in [-0.15, -0.1) is 0 Å². The molecule has 0 spiro atoms. The minimum absolute atomic E-state index is 0.0104. The maximum atomic E-state index is 12.8. The molecule has 1 aliphatic heterocycles. The van der Waals surface area contributed by atoms with Crippen LogP contribution in [0.5, 0.6) is 0 Å². The van der Waals surface area contributed by atoms with E-state index in [2.05, 4.69) is 33.9 Å². The van der Waals surface area contributed by atoms with Gasteiger partial charge in [-0.3, -0.25) is 9.69 Å². The highest BCUT2D eigenvalue weighted by Gasteiger charge is 2.27. The Bertz CT molecular complexity index is 878. The predicted molar refractivity (Wildman–Crippen MR) is 119 cm³/mol. The number of halogens is 1. The van der Waals surface area contributed by atoms with Crippen molar-refractivity contribution in [3.8, 4) is 0 Å². The average Bonchev–Trinajstić information content (AvgIpc) is 2.70. The third-order valence-electron chi connectivity index (χ3n) is 5.47. The molecule has 0 unspecified atom stereocenters. The smallest absolute Gasteiger partial charge is 0.241 e. The predicted octanol–water partition coefficient (Wildman–Crippen LogP) is 4.02. The Labute approximate surface area is 178 Å². The van der Waals surface area contributed by atoms with Gasteiger partial charge < -0.3 is 10.2 Å². The molecule has 1 saturated heterocycles. The highest BCUT2D eigenvalue weighted by atomic mass is 35.5. The lowest BCUT2D eigenvalue weighted by Crippen LogP contribution is -2.53. The number of piperazine rings is 1. The first-order valence-electron chi connectivity index (χ1n) is 10.2. The molecule has 1 atom stereocenters. The number of amides is 1.